The molecule has 6 nitrogen and oxygen atoms in total. The summed E-state index contributed by atoms with van der Waals surface area (Å²) < 4.78 is 1.39. The molecule has 6 heteroatoms. The second kappa shape index (κ2) is 7.59. The minimum absolute atomic E-state index is 0.0399. The number of pyridine rings is 1. The van der Waals surface area contributed by atoms with Crippen molar-refractivity contribution in [3.63, 3.8) is 0 Å². The van der Waals surface area contributed by atoms with E-state index in [9.17, 15) is 14.4 Å². The average Bonchev–Trinajstić information content (AvgIpc) is 2.51. The number of amides is 2. The number of carbonyl (C=O) groups is 2. The fourth-order valence-electron chi connectivity index (χ4n) is 2.11. The van der Waals surface area contributed by atoms with E-state index in [0.717, 1.165) is 0 Å². The van der Waals surface area contributed by atoms with E-state index in [4.69, 9.17) is 0 Å². The van der Waals surface area contributed by atoms with Crippen LogP contribution < -0.4 is 16.2 Å². The molecule has 0 bridgehead atoms. The number of nitrogens with zero attached hydrogens (tertiary/aromatic N) is 1. The van der Waals surface area contributed by atoms with Crippen molar-refractivity contribution in [3.8, 4) is 0 Å². The van der Waals surface area contributed by atoms with Gasteiger partial charge in [0.05, 0.1) is 0 Å². The highest BCUT2D eigenvalue weighted by molar-refractivity contribution is 6.04. The summed E-state index contributed by atoms with van der Waals surface area (Å²) in [5, 5.41) is 5.52. The fraction of sp³-hybridized carbons (Fsp3) is 0.278. The van der Waals surface area contributed by atoms with Crippen molar-refractivity contribution in [2.24, 2.45) is 13.0 Å². The molecule has 0 radical (unpaired) electrons. The van der Waals surface area contributed by atoms with Gasteiger partial charge in [0.15, 0.2) is 0 Å². The first-order chi connectivity index (χ1) is 11.3. The van der Waals surface area contributed by atoms with Crippen LogP contribution in [0.1, 0.15) is 30.6 Å². The van der Waals surface area contributed by atoms with Crippen molar-refractivity contribution in [1.29, 1.82) is 0 Å². The predicted octanol–water partition coefficient (Wildman–Crippen LogP) is 2.62. The minimum Gasteiger partial charge on any atom is -0.326 e. The average molecular weight is 327 g/mol. The van der Waals surface area contributed by atoms with Crippen molar-refractivity contribution < 1.29 is 9.59 Å². The summed E-state index contributed by atoms with van der Waals surface area (Å²) in [6.07, 6.45) is 2.01. The number of aryl methyl sites for hydroxylation is 1. The van der Waals surface area contributed by atoms with E-state index in [1.807, 2.05) is 13.8 Å². The summed E-state index contributed by atoms with van der Waals surface area (Å²) in [4.78, 5) is 35.4. The molecule has 24 heavy (non-hydrogen) atoms. The van der Waals surface area contributed by atoms with E-state index in [0.29, 0.717) is 29.3 Å². The molecule has 2 N–H and O–H groups in total. The van der Waals surface area contributed by atoms with Crippen molar-refractivity contribution in [1.82, 2.24) is 4.57 Å². The molecule has 0 saturated heterocycles. The van der Waals surface area contributed by atoms with Gasteiger partial charge in [-0.1, -0.05) is 13.8 Å². The number of hydrogen-bond donors (Lipinski definition) is 2. The maximum Gasteiger partial charge on any atom is 0.255 e. The zero-order valence-electron chi connectivity index (χ0n) is 14.0. The van der Waals surface area contributed by atoms with Crippen LogP contribution >= 0.6 is 0 Å². The highest BCUT2D eigenvalue weighted by Crippen LogP contribution is 2.15. The number of carbonyl (C=O) groups excluding carboxylic acids is 2. The summed E-state index contributed by atoms with van der Waals surface area (Å²) >= 11 is 0. The lowest BCUT2D eigenvalue weighted by Gasteiger charge is -2.09. The minimum atomic E-state index is -0.357. The smallest absolute Gasteiger partial charge is 0.255 e. The highest BCUT2D eigenvalue weighted by Gasteiger charge is 2.08. The number of hydrogen-bond acceptors (Lipinski definition) is 3. The topological polar surface area (TPSA) is 80.2 Å². The molecule has 2 aromatic rings. The molecule has 0 spiro atoms. The number of aromatic nitrogens is 1. The van der Waals surface area contributed by atoms with Gasteiger partial charge in [0.1, 0.15) is 0 Å². The van der Waals surface area contributed by atoms with Gasteiger partial charge < -0.3 is 15.2 Å². The molecule has 0 atom stereocenters. The molecule has 0 aliphatic rings. The van der Waals surface area contributed by atoms with Crippen molar-refractivity contribution in [2.45, 2.75) is 20.3 Å². The summed E-state index contributed by atoms with van der Waals surface area (Å²) in [5.41, 5.74) is 1.31. The lowest BCUT2D eigenvalue weighted by atomic mass is 10.1. The molecule has 2 amide bonds. The van der Waals surface area contributed by atoms with E-state index in [2.05, 4.69) is 10.6 Å². The first-order valence-electron chi connectivity index (χ1n) is 7.73. The second-order valence-electron chi connectivity index (χ2n) is 6.04. The quantitative estimate of drug-likeness (QED) is 0.886. The van der Waals surface area contributed by atoms with Gasteiger partial charge in [-0.05, 0) is 36.2 Å². The molecule has 0 fully saturated rings. The molecule has 0 unspecified atom stereocenters. The van der Waals surface area contributed by atoms with Gasteiger partial charge in [0, 0.05) is 42.7 Å². The van der Waals surface area contributed by atoms with Crippen LogP contribution in [0.3, 0.4) is 0 Å². The third-order valence-corrected chi connectivity index (χ3v) is 3.39. The van der Waals surface area contributed by atoms with E-state index < -0.39 is 0 Å². The molecule has 0 saturated carbocycles. The lowest BCUT2D eigenvalue weighted by Crippen LogP contribution is -2.20. The van der Waals surface area contributed by atoms with Gasteiger partial charge in [0.2, 0.25) is 5.91 Å². The maximum atomic E-state index is 12.1. The Morgan fingerprint density at radius 1 is 1.04 bits per heavy atom. The summed E-state index contributed by atoms with van der Waals surface area (Å²) in [7, 11) is 1.62. The lowest BCUT2D eigenvalue weighted by molar-refractivity contribution is -0.116. The van der Waals surface area contributed by atoms with Crippen molar-refractivity contribution in [3.05, 3.63) is 58.5 Å². The molecule has 2 rings (SSSR count). The van der Waals surface area contributed by atoms with Crippen LogP contribution in [0.4, 0.5) is 11.4 Å². The Hall–Kier alpha value is -2.89. The number of benzene rings is 1. The second-order valence-corrected chi connectivity index (χ2v) is 6.04. The zero-order valence-corrected chi connectivity index (χ0v) is 14.0. The van der Waals surface area contributed by atoms with Gasteiger partial charge in [-0.25, -0.2) is 0 Å². The fourth-order valence-corrected chi connectivity index (χ4v) is 2.11. The number of anilines is 2. The Bertz CT molecular complexity index is 792. The first-order valence-corrected chi connectivity index (χ1v) is 7.73. The van der Waals surface area contributed by atoms with Crippen LogP contribution in [0.15, 0.2) is 47.4 Å². The summed E-state index contributed by atoms with van der Waals surface area (Å²) in [6, 6.07) is 9.71. The SMILES string of the molecule is CC(C)CC(=O)Nc1ccc(NC(=O)c2ccn(C)c(=O)c2)cc1. The maximum absolute atomic E-state index is 12.1. The van der Waals surface area contributed by atoms with Crippen LogP contribution in [0, 0.1) is 5.92 Å². The van der Waals surface area contributed by atoms with E-state index >= 15 is 0 Å². The molecular formula is C18H21N3O3. The Kier molecular flexibility index (Phi) is 5.52. The van der Waals surface area contributed by atoms with E-state index in [1.165, 1.54) is 10.6 Å². The van der Waals surface area contributed by atoms with Crippen LogP contribution in [-0.4, -0.2) is 16.4 Å². The van der Waals surface area contributed by atoms with E-state index in [-0.39, 0.29) is 17.4 Å². The van der Waals surface area contributed by atoms with Crippen LogP contribution in [0.5, 0.6) is 0 Å². The van der Waals surface area contributed by atoms with Gasteiger partial charge in [-0.2, -0.15) is 0 Å². The molecule has 1 heterocycles. The normalized spacial score (nSPS) is 10.5. The largest absolute Gasteiger partial charge is 0.326 e. The molecule has 1 aromatic carbocycles. The molecule has 1 aromatic heterocycles. The summed E-state index contributed by atoms with van der Waals surface area (Å²) in [5.74, 6) is -0.103. The third kappa shape index (κ3) is 4.81. The molecule has 126 valence electrons. The van der Waals surface area contributed by atoms with Crippen molar-refractivity contribution >= 4 is 23.2 Å². The number of rotatable bonds is 5. The van der Waals surface area contributed by atoms with Crippen LogP contribution in [0.2, 0.25) is 0 Å². The third-order valence-electron chi connectivity index (χ3n) is 3.39. The van der Waals surface area contributed by atoms with Crippen LogP contribution in [0.25, 0.3) is 0 Å². The van der Waals surface area contributed by atoms with Gasteiger partial charge in [0.25, 0.3) is 11.5 Å². The zero-order chi connectivity index (χ0) is 17.7. The Morgan fingerprint density at radius 2 is 1.62 bits per heavy atom. The predicted molar refractivity (Wildman–Crippen MR) is 94.2 cm³/mol. The van der Waals surface area contributed by atoms with Gasteiger partial charge in [-0.15, -0.1) is 0 Å². The van der Waals surface area contributed by atoms with Crippen molar-refractivity contribution in [2.75, 3.05) is 10.6 Å². The van der Waals surface area contributed by atoms with Crippen LogP contribution in [-0.2, 0) is 11.8 Å². The Balaban J connectivity index is 2.00. The monoisotopic (exact) mass is 327 g/mol. The molecular weight excluding hydrogens is 306 g/mol. The molecule has 0 aliphatic heterocycles. The number of nitrogens with one attached hydrogen (secondary N) is 2. The molecule has 0 aliphatic carbocycles. The Morgan fingerprint density at radius 3 is 2.17 bits per heavy atom. The Labute approximate surface area is 140 Å². The standard InChI is InChI=1S/C18H21N3O3/c1-12(2)10-16(22)19-14-4-6-15(7-5-14)20-18(24)13-8-9-21(3)17(23)11-13/h4-9,11-12H,10H2,1-3H3,(H,19,22)(H,20,24). The van der Waals surface area contributed by atoms with E-state index in [1.54, 1.807) is 43.6 Å². The summed E-state index contributed by atoms with van der Waals surface area (Å²) in [6.45, 7) is 3.96. The highest BCUT2D eigenvalue weighted by atomic mass is 16.2. The van der Waals surface area contributed by atoms with Gasteiger partial charge >= 0.3 is 0 Å². The first kappa shape index (κ1) is 17.5. The van der Waals surface area contributed by atoms with Gasteiger partial charge in [-0.3, -0.25) is 14.4 Å².